The van der Waals surface area contributed by atoms with Crippen molar-refractivity contribution in [1.82, 2.24) is 14.7 Å². The summed E-state index contributed by atoms with van der Waals surface area (Å²) in [5.41, 5.74) is -1.02. The number of halogens is 1. The largest absolute Gasteiger partial charge is 0.334 e. The Hall–Kier alpha value is -0.920. The Labute approximate surface area is 143 Å². The molecule has 22 heavy (non-hydrogen) atoms. The zero-order valence-electron chi connectivity index (χ0n) is 13.3. The van der Waals surface area contributed by atoms with Gasteiger partial charge in [-0.15, -0.1) is 11.3 Å². The fourth-order valence-electron chi connectivity index (χ4n) is 3.93. The van der Waals surface area contributed by atoms with Gasteiger partial charge in [0.05, 0.1) is 11.0 Å². The standard InChI is InChI=1S/C15H21BrN4OS/c1-14(11-7-10(16)8-22-11)15(5-6-18(2)9-15)12(21)19(3)13(17)20(14)4/h7-8,17H,5-6,9H2,1-4H3/t14-,15?/m1/s1. The lowest BCUT2D eigenvalue weighted by Crippen LogP contribution is -2.70. The van der Waals surface area contributed by atoms with Gasteiger partial charge in [0.25, 0.3) is 0 Å². The van der Waals surface area contributed by atoms with Crippen LogP contribution in [0, 0.1) is 10.8 Å². The number of guanidine groups is 1. The van der Waals surface area contributed by atoms with Crippen LogP contribution in [0.25, 0.3) is 0 Å². The number of thiophene rings is 1. The van der Waals surface area contributed by atoms with Gasteiger partial charge in [-0.2, -0.15) is 0 Å². The third-order valence-electron chi connectivity index (χ3n) is 5.46. The second-order valence-electron chi connectivity index (χ2n) is 6.52. The van der Waals surface area contributed by atoms with E-state index in [1.165, 1.54) is 4.90 Å². The van der Waals surface area contributed by atoms with Crippen LogP contribution in [0.3, 0.4) is 0 Å². The fraction of sp³-hybridized carbons (Fsp3) is 0.600. The monoisotopic (exact) mass is 384 g/mol. The van der Waals surface area contributed by atoms with E-state index in [4.69, 9.17) is 5.41 Å². The van der Waals surface area contributed by atoms with Gasteiger partial charge in [0.2, 0.25) is 11.9 Å². The molecule has 2 aliphatic rings. The average molecular weight is 385 g/mol. The maximum absolute atomic E-state index is 13.2. The second kappa shape index (κ2) is 5.04. The minimum atomic E-state index is -0.514. The minimum absolute atomic E-state index is 0.0620. The van der Waals surface area contributed by atoms with Gasteiger partial charge in [0.1, 0.15) is 0 Å². The van der Waals surface area contributed by atoms with Crippen LogP contribution in [0.5, 0.6) is 0 Å². The van der Waals surface area contributed by atoms with Crippen LogP contribution in [-0.4, -0.2) is 60.8 Å². The van der Waals surface area contributed by atoms with Gasteiger partial charge in [-0.05, 0) is 48.9 Å². The third kappa shape index (κ3) is 1.85. The van der Waals surface area contributed by atoms with Gasteiger partial charge in [0, 0.05) is 35.4 Å². The number of hydrogen-bond acceptors (Lipinski definition) is 4. The first-order chi connectivity index (χ1) is 10.2. The molecule has 2 saturated heterocycles. The molecule has 7 heteroatoms. The maximum atomic E-state index is 13.2. The predicted octanol–water partition coefficient (Wildman–Crippen LogP) is 2.39. The Bertz CT molecular complexity index is 647. The normalized spacial score (nSPS) is 33.3. The molecule has 2 fully saturated rings. The van der Waals surface area contributed by atoms with Gasteiger partial charge in [0.15, 0.2) is 0 Å². The first kappa shape index (κ1) is 16.0. The number of likely N-dealkylation sites (tertiary alicyclic amines) is 1. The highest BCUT2D eigenvalue weighted by atomic mass is 79.9. The number of nitrogens with zero attached hydrogens (tertiary/aromatic N) is 3. The van der Waals surface area contributed by atoms with Gasteiger partial charge in [-0.3, -0.25) is 15.1 Å². The molecule has 0 aliphatic carbocycles. The quantitative estimate of drug-likeness (QED) is 0.808. The predicted molar refractivity (Wildman–Crippen MR) is 92.2 cm³/mol. The number of hydrogen-bond donors (Lipinski definition) is 1. The van der Waals surface area contributed by atoms with Gasteiger partial charge >= 0.3 is 0 Å². The Morgan fingerprint density at radius 3 is 2.55 bits per heavy atom. The van der Waals surface area contributed by atoms with E-state index in [9.17, 15) is 4.79 Å². The van der Waals surface area contributed by atoms with Crippen molar-refractivity contribution in [3.05, 3.63) is 20.8 Å². The molecule has 120 valence electrons. The van der Waals surface area contributed by atoms with Crippen molar-refractivity contribution in [3.63, 3.8) is 0 Å². The van der Waals surface area contributed by atoms with Crippen molar-refractivity contribution in [2.75, 3.05) is 34.2 Å². The summed E-state index contributed by atoms with van der Waals surface area (Å²) in [6, 6.07) is 2.09. The van der Waals surface area contributed by atoms with E-state index >= 15 is 0 Å². The van der Waals surface area contributed by atoms with Crippen LogP contribution in [0.1, 0.15) is 18.2 Å². The molecule has 1 aromatic heterocycles. The molecule has 1 unspecified atom stereocenters. The molecule has 1 spiro atoms. The molecular formula is C15H21BrN4OS. The number of nitrogens with one attached hydrogen (secondary N) is 1. The molecular weight excluding hydrogens is 364 g/mol. The van der Waals surface area contributed by atoms with E-state index in [1.807, 2.05) is 17.3 Å². The van der Waals surface area contributed by atoms with E-state index in [2.05, 4.69) is 40.9 Å². The molecule has 0 radical (unpaired) electrons. The van der Waals surface area contributed by atoms with Gasteiger partial charge < -0.3 is 9.80 Å². The average Bonchev–Trinajstić information content (AvgIpc) is 3.09. The van der Waals surface area contributed by atoms with E-state index in [1.54, 1.807) is 18.4 Å². The first-order valence-electron chi connectivity index (χ1n) is 7.27. The van der Waals surface area contributed by atoms with E-state index in [0.29, 0.717) is 0 Å². The summed E-state index contributed by atoms with van der Waals surface area (Å²) in [6.07, 6.45) is 0.816. The van der Waals surface area contributed by atoms with Crippen LogP contribution in [0.4, 0.5) is 0 Å². The summed E-state index contributed by atoms with van der Waals surface area (Å²) in [5, 5.41) is 10.4. The summed E-state index contributed by atoms with van der Waals surface area (Å²) >= 11 is 5.18. The number of carbonyl (C=O) groups excluding carboxylic acids is 1. The number of rotatable bonds is 1. The molecule has 2 aliphatic heterocycles. The highest BCUT2D eigenvalue weighted by Gasteiger charge is 2.64. The van der Waals surface area contributed by atoms with Crippen molar-refractivity contribution in [2.24, 2.45) is 5.41 Å². The molecule has 3 rings (SSSR count). The lowest BCUT2D eigenvalue weighted by Gasteiger charge is -2.56. The van der Waals surface area contributed by atoms with Crippen LogP contribution < -0.4 is 0 Å². The van der Waals surface area contributed by atoms with Crippen LogP contribution in [0.15, 0.2) is 15.9 Å². The topological polar surface area (TPSA) is 50.6 Å². The van der Waals surface area contributed by atoms with Crippen molar-refractivity contribution < 1.29 is 4.79 Å². The SMILES string of the molecule is CN1CCC2(C1)C(=O)N(C)C(=N)N(C)[C@]2(C)c1cc(Br)cs1. The number of amides is 1. The number of carbonyl (C=O) groups is 1. The van der Waals surface area contributed by atoms with E-state index in [-0.39, 0.29) is 11.9 Å². The van der Waals surface area contributed by atoms with Crippen molar-refractivity contribution in [3.8, 4) is 0 Å². The van der Waals surface area contributed by atoms with Crippen molar-refractivity contribution in [1.29, 1.82) is 5.41 Å². The summed E-state index contributed by atoms with van der Waals surface area (Å²) in [6.45, 7) is 3.74. The fourth-order valence-corrected chi connectivity index (χ4v) is 5.65. The highest BCUT2D eigenvalue weighted by Crippen LogP contribution is 2.54. The van der Waals surface area contributed by atoms with Crippen LogP contribution in [0.2, 0.25) is 0 Å². The minimum Gasteiger partial charge on any atom is -0.334 e. The Kier molecular flexibility index (Phi) is 3.66. The molecule has 5 nitrogen and oxygen atoms in total. The Balaban J connectivity index is 2.22. The second-order valence-corrected chi connectivity index (χ2v) is 8.34. The van der Waals surface area contributed by atoms with E-state index in [0.717, 1.165) is 28.9 Å². The Morgan fingerprint density at radius 2 is 2.05 bits per heavy atom. The summed E-state index contributed by atoms with van der Waals surface area (Å²) < 4.78 is 1.03. The smallest absolute Gasteiger partial charge is 0.239 e. The van der Waals surface area contributed by atoms with Crippen molar-refractivity contribution in [2.45, 2.75) is 18.9 Å². The molecule has 2 atom stereocenters. The third-order valence-corrected chi connectivity index (χ3v) is 7.36. The van der Waals surface area contributed by atoms with Gasteiger partial charge in [-0.1, -0.05) is 0 Å². The van der Waals surface area contributed by atoms with Crippen molar-refractivity contribution >= 4 is 39.1 Å². The highest BCUT2D eigenvalue weighted by molar-refractivity contribution is 9.10. The summed E-state index contributed by atoms with van der Waals surface area (Å²) in [4.78, 5) is 20.0. The zero-order valence-corrected chi connectivity index (χ0v) is 15.7. The maximum Gasteiger partial charge on any atom is 0.239 e. The molecule has 3 heterocycles. The van der Waals surface area contributed by atoms with Crippen LogP contribution >= 0.6 is 27.3 Å². The molecule has 1 N–H and O–H groups in total. The molecule has 0 aromatic carbocycles. The summed E-state index contributed by atoms with van der Waals surface area (Å²) in [7, 11) is 5.71. The molecule has 0 bridgehead atoms. The summed E-state index contributed by atoms with van der Waals surface area (Å²) in [5.74, 6) is 0.323. The van der Waals surface area contributed by atoms with Crippen LogP contribution in [-0.2, 0) is 10.3 Å². The van der Waals surface area contributed by atoms with Gasteiger partial charge in [-0.25, -0.2) is 0 Å². The lowest BCUT2D eigenvalue weighted by atomic mass is 9.65. The molecule has 1 amide bonds. The van der Waals surface area contributed by atoms with E-state index < -0.39 is 11.0 Å². The molecule has 0 saturated carbocycles. The lowest BCUT2D eigenvalue weighted by molar-refractivity contribution is -0.150. The molecule has 1 aromatic rings. The Morgan fingerprint density at radius 1 is 1.36 bits per heavy atom. The first-order valence-corrected chi connectivity index (χ1v) is 8.95. The zero-order chi connectivity index (χ0) is 16.3.